The molecule has 0 aliphatic carbocycles. The monoisotopic (exact) mass is 440 g/mol. The zero-order valence-corrected chi connectivity index (χ0v) is 17.9. The molecular formula is C24H22Cl2N2O2. The van der Waals surface area contributed by atoms with E-state index >= 15 is 0 Å². The largest absolute Gasteiger partial charge is 0.412 e. The van der Waals surface area contributed by atoms with E-state index in [1.54, 1.807) is 12.1 Å². The lowest BCUT2D eigenvalue weighted by Crippen LogP contribution is -2.28. The lowest BCUT2D eigenvalue weighted by atomic mass is 10.1. The number of benzene rings is 3. The van der Waals surface area contributed by atoms with Crippen LogP contribution in [0, 0.1) is 0 Å². The summed E-state index contributed by atoms with van der Waals surface area (Å²) in [6, 6.07) is 21.6. The zero-order valence-electron chi connectivity index (χ0n) is 16.4. The summed E-state index contributed by atoms with van der Waals surface area (Å²) in [5.41, 5.74) is 4.61. The molecule has 0 unspecified atom stereocenters. The third-order valence-corrected chi connectivity index (χ3v) is 5.74. The second-order valence-corrected chi connectivity index (χ2v) is 8.09. The van der Waals surface area contributed by atoms with Gasteiger partial charge in [-0.15, -0.1) is 0 Å². The summed E-state index contributed by atoms with van der Waals surface area (Å²) in [6.07, 6.45) is 1.07. The minimum atomic E-state index is -0.473. The number of ether oxygens (including phenoxy) is 1. The molecule has 6 heteroatoms. The molecule has 1 amide bonds. The van der Waals surface area contributed by atoms with Gasteiger partial charge in [-0.2, -0.15) is 0 Å². The fraction of sp³-hybridized carbons (Fsp3) is 0.208. The molecule has 30 heavy (non-hydrogen) atoms. The number of carbonyl (C=O) groups excluding carboxylic acids is 1. The van der Waals surface area contributed by atoms with E-state index < -0.39 is 6.09 Å². The van der Waals surface area contributed by atoms with Gasteiger partial charge in [0, 0.05) is 35.4 Å². The van der Waals surface area contributed by atoms with Crippen molar-refractivity contribution in [3.05, 3.63) is 93.5 Å². The summed E-state index contributed by atoms with van der Waals surface area (Å²) in [4.78, 5) is 14.5. The van der Waals surface area contributed by atoms with E-state index in [9.17, 15) is 4.79 Å². The van der Waals surface area contributed by atoms with Gasteiger partial charge < -0.3 is 15.0 Å². The summed E-state index contributed by atoms with van der Waals surface area (Å²) >= 11 is 12.1. The molecule has 154 valence electrons. The normalized spacial score (nSPS) is 12.5. The van der Waals surface area contributed by atoms with Crippen LogP contribution < -0.4 is 15.0 Å². The van der Waals surface area contributed by atoms with Crippen molar-refractivity contribution in [2.75, 3.05) is 18.0 Å². The van der Waals surface area contributed by atoms with Crippen LogP contribution in [0.15, 0.2) is 66.7 Å². The van der Waals surface area contributed by atoms with Gasteiger partial charge in [0.05, 0.1) is 0 Å². The second-order valence-electron chi connectivity index (χ2n) is 7.25. The molecule has 0 atom stereocenters. The molecule has 3 aromatic carbocycles. The Morgan fingerprint density at radius 1 is 1.03 bits per heavy atom. The minimum absolute atomic E-state index is 0.427. The molecule has 1 N–H and O–H groups in total. The molecule has 4 nitrogen and oxygen atoms in total. The number of hydrogen-bond donors (Lipinski definition) is 1. The number of halogens is 2. The molecule has 4 rings (SSSR count). The van der Waals surface area contributed by atoms with Gasteiger partial charge in [0.15, 0.2) is 0 Å². The number of nitrogens with one attached hydrogen (secondary N) is 1. The molecule has 0 saturated carbocycles. The zero-order chi connectivity index (χ0) is 20.9. The molecule has 1 heterocycles. The Morgan fingerprint density at radius 3 is 2.67 bits per heavy atom. The van der Waals surface area contributed by atoms with Gasteiger partial charge in [-0.3, -0.25) is 0 Å². The maximum atomic E-state index is 12.1. The Kier molecular flexibility index (Phi) is 6.46. The summed E-state index contributed by atoms with van der Waals surface area (Å²) < 4.78 is 5.46. The number of fused-ring (bicyclic) bond motifs is 1. The number of hydrogen-bond acceptors (Lipinski definition) is 3. The van der Waals surface area contributed by atoms with Crippen LogP contribution in [0.25, 0.3) is 0 Å². The van der Waals surface area contributed by atoms with Crippen LogP contribution in [0.2, 0.25) is 10.0 Å². The Balaban J connectivity index is 1.30. The molecule has 0 bridgehead atoms. The highest BCUT2D eigenvalue weighted by atomic mass is 35.5. The average Bonchev–Trinajstić information content (AvgIpc) is 3.12. The van der Waals surface area contributed by atoms with Gasteiger partial charge in [-0.1, -0.05) is 59.6 Å². The van der Waals surface area contributed by atoms with E-state index in [-0.39, 0.29) is 0 Å². The van der Waals surface area contributed by atoms with E-state index in [2.05, 4.69) is 34.5 Å². The van der Waals surface area contributed by atoms with E-state index in [0.29, 0.717) is 28.8 Å². The van der Waals surface area contributed by atoms with Crippen LogP contribution in [-0.4, -0.2) is 19.2 Å². The first-order valence-electron chi connectivity index (χ1n) is 9.90. The number of nitrogens with zero attached hydrogens (tertiary/aromatic N) is 1. The van der Waals surface area contributed by atoms with E-state index in [4.69, 9.17) is 27.9 Å². The lowest BCUT2D eigenvalue weighted by Gasteiger charge is -2.19. The highest BCUT2D eigenvalue weighted by Gasteiger charge is 2.20. The van der Waals surface area contributed by atoms with Crippen molar-refractivity contribution in [2.45, 2.75) is 19.4 Å². The lowest BCUT2D eigenvalue weighted by molar-refractivity contribution is 0.200. The predicted molar refractivity (Wildman–Crippen MR) is 122 cm³/mol. The Bertz CT molecular complexity index is 1040. The van der Waals surface area contributed by atoms with Crippen molar-refractivity contribution in [1.29, 1.82) is 0 Å². The van der Waals surface area contributed by atoms with Crippen molar-refractivity contribution in [3.8, 4) is 5.75 Å². The van der Waals surface area contributed by atoms with Gasteiger partial charge in [-0.05, 0) is 59.9 Å². The van der Waals surface area contributed by atoms with Crippen LogP contribution >= 0.6 is 23.2 Å². The maximum Gasteiger partial charge on any atom is 0.412 e. The summed E-state index contributed by atoms with van der Waals surface area (Å²) in [7, 11) is 0. The highest BCUT2D eigenvalue weighted by molar-refractivity contribution is 6.35. The fourth-order valence-corrected chi connectivity index (χ4v) is 4.15. The van der Waals surface area contributed by atoms with Crippen molar-refractivity contribution in [2.24, 2.45) is 0 Å². The average molecular weight is 441 g/mol. The van der Waals surface area contributed by atoms with E-state index in [0.717, 1.165) is 25.1 Å². The molecule has 0 fully saturated rings. The molecule has 0 spiro atoms. The third kappa shape index (κ3) is 5.07. The number of carbonyl (C=O) groups is 1. The molecule has 0 aromatic heterocycles. The SMILES string of the molecule is O=C(NCCc1ccc(Cl)cc1Cl)Oc1ccc2c(c1)CCN2Cc1ccccc1. The van der Waals surface area contributed by atoms with E-state index in [1.807, 2.05) is 30.3 Å². The predicted octanol–water partition coefficient (Wildman–Crippen LogP) is 5.89. The van der Waals surface area contributed by atoms with Crippen molar-refractivity contribution < 1.29 is 9.53 Å². The van der Waals surface area contributed by atoms with Gasteiger partial charge in [0.2, 0.25) is 0 Å². The molecule has 1 aliphatic heterocycles. The molecular weight excluding hydrogens is 419 g/mol. The smallest absolute Gasteiger partial charge is 0.410 e. The van der Waals surface area contributed by atoms with Crippen molar-refractivity contribution in [1.82, 2.24) is 5.32 Å². The third-order valence-electron chi connectivity index (χ3n) is 5.15. The van der Waals surface area contributed by atoms with Gasteiger partial charge >= 0.3 is 6.09 Å². The Hall–Kier alpha value is -2.69. The summed E-state index contributed by atoms with van der Waals surface area (Å²) in [6.45, 7) is 2.26. The summed E-state index contributed by atoms with van der Waals surface area (Å²) in [5.74, 6) is 0.553. The van der Waals surface area contributed by atoms with Crippen LogP contribution in [0.1, 0.15) is 16.7 Å². The highest BCUT2D eigenvalue weighted by Crippen LogP contribution is 2.32. The molecule has 3 aromatic rings. The number of anilines is 1. The van der Waals surface area contributed by atoms with Crippen LogP contribution in [0.4, 0.5) is 10.5 Å². The van der Waals surface area contributed by atoms with Gasteiger partial charge in [0.25, 0.3) is 0 Å². The molecule has 0 saturated heterocycles. The Labute approximate surface area is 186 Å². The first kappa shape index (κ1) is 20.6. The Morgan fingerprint density at radius 2 is 1.87 bits per heavy atom. The topological polar surface area (TPSA) is 41.6 Å². The van der Waals surface area contributed by atoms with Crippen LogP contribution in [-0.2, 0) is 19.4 Å². The van der Waals surface area contributed by atoms with Crippen LogP contribution in [0.5, 0.6) is 5.75 Å². The summed E-state index contributed by atoms with van der Waals surface area (Å²) in [5, 5.41) is 3.95. The van der Waals surface area contributed by atoms with E-state index in [1.165, 1.54) is 16.8 Å². The second kappa shape index (κ2) is 9.41. The maximum absolute atomic E-state index is 12.1. The number of amides is 1. The molecule has 0 radical (unpaired) electrons. The standard InChI is InChI=1S/C24H22Cl2N2O2/c25-20-7-6-18(22(26)15-20)10-12-27-24(29)30-21-8-9-23-19(14-21)11-13-28(23)16-17-4-2-1-3-5-17/h1-9,14-15H,10-13,16H2,(H,27,29). The molecule has 1 aliphatic rings. The van der Waals surface area contributed by atoms with Gasteiger partial charge in [0.1, 0.15) is 5.75 Å². The number of rotatable bonds is 6. The fourth-order valence-electron chi connectivity index (χ4n) is 3.64. The quantitative estimate of drug-likeness (QED) is 0.519. The van der Waals surface area contributed by atoms with Crippen LogP contribution in [0.3, 0.4) is 0 Å². The first-order valence-corrected chi connectivity index (χ1v) is 10.7. The minimum Gasteiger partial charge on any atom is -0.410 e. The first-order chi connectivity index (χ1) is 14.6. The van der Waals surface area contributed by atoms with Gasteiger partial charge in [-0.25, -0.2) is 4.79 Å². The van der Waals surface area contributed by atoms with Crippen molar-refractivity contribution in [3.63, 3.8) is 0 Å². The van der Waals surface area contributed by atoms with Crippen molar-refractivity contribution >= 4 is 35.0 Å².